The Bertz CT molecular complexity index is 474. The van der Waals surface area contributed by atoms with E-state index in [0.29, 0.717) is 6.54 Å². The molecular formula is C16H23NO3. The molecule has 110 valence electrons. The van der Waals surface area contributed by atoms with Gasteiger partial charge in [0.1, 0.15) is 6.54 Å². The second kappa shape index (κ2) is 7.08. The maximum absolute atomic E-state index is 12.4. The molecule has 0 radical (unpaired) electrons. The van der Waals surface area contributed by atoms with Crippen LogP contribution >= 0.6 is 0 Å². The smallest absolute Gasteiger partial charge is 0.323 e. The van der Waals surface area contributed by atoms with Crippen molar-refractivity contribution in [2.75, 3.05) is 13.1 Å². The maximum Gasteiger partial charge on any atom is 0.323 e. The topological polar surface area (TPSA) is 57.6 Å². The van der Waals surface area contributed by atoms with Gasteiger partial charge in [0.15, 0.2) is 0 Å². The monoisotopic (exact) mass is 277 g/mol. The predicted octanol–water partition coefficient (Wildman–Crippen LogP) is 2.42. The van der Waals surface area contributed by atoms with Gasteiger partial charge < -0.3 is 10.0 Å². The van der Waals surface area contributed by atoms with Gasteiger partial charge in [-0.25, -0.2) is 0 Å². The number of hydrogen-bond donors (Lipinski definition) is 1. The summed E-state index contributed by atoms with van der Waals surface area (Å²) in [5, 5.41) is 8.93. The number of carboxylic acids is 1. The van der Waals surface area contributed by atoms with E-state index in [1.807, 2.05) is 45.9 Å². The molecule has 4 heteroatoms. The average Bonchev–Trinajstić information content (AvgIpc) is 2.31. The van der Waals surface area contributed by atoms with E-state index < -0.39 is 5.97 Å². The lowest BCUT2D eigenvalue weighted by Crippen LogP contribution is -2.39. The van der Waals surface area contributed by atoms with E-state index in [-0.39, 0.29) is 24.8 Å². The van der Waals surface area contributed by atoms with Crippen molar-refractivity contribution in [2.24, 2.45) is 5.92 Å². The Morgan fingerprint density at radius 3 is 2.20 bits per heavy atom. The number of carbonyl (C=O) groups excluding carboxylic acids is 1. The van der Waals surface area contributed by atoms with Crippen molar-refractivity contribution in [2.45, 2.75) is 34.1 Å². The summed E-state index contributed by atoms with van der Waals surface area (Å²) in [6.07, 6.45) is 0.262. The SMILES string of the molecule is Cc1cccc(C)c1CC(=O)N(CC(=O)O)CC(C)C. The van der Waals surface area contributed by atoms with Crippen molar-refractivity contribution < 1.29 is 14.7 Å². The van der Waals surface area contributed by atoms with Crippen LogP contribution in [0.1, 0.15) is 30.5 Å². The number of aryl methyl sites for hydroxylation is 2. The molecule has 0 unspecified atom stereocenters. The van der Waals surface area contributed by atoms with Gasteiger partial charge in [-0.15, -0.1) is 0 Å². The standard InChI is InChI=1S/C16H23NO3/c1-11(2)9-17(10-16(19)20)15(18)8-14-12(3)6-5-7-13(14)4/h5-7,11H,8-10H2,1-4H3,(H,19,20). The molecule has 1 aromatic carbocycles. The first kappa shape index (κ1) is 16.2. The zero-order valence-electron chi connectivity index (χ0n) is 12.6. The number of benzene rings is 1. The molecule has 0 saturated heterocycles. The minimum atomic E-state index is -0.972. The van der Waals surface area contributed by atoms with Gasteiger partial charge in [0.05, 0.1) is 6.42 Å². The van der Waals surface area contributed by atoms with Gasteiger partial charge >= 0.3 is 5.97 Å². The van der Waals surface area contributed by atoms with Crippen LogP contribution in [0.15, 0.2) is 18.2 Å². The first-order chi connectivity index (χ1) is 9.31. The summed E-state index contributed by atoms with van der Waals surface area (Å²) in [6, 6.07) is 5.90. The second-order valence-electron chi connectivity index (χ2n) is 5.61. The van der Waals surface area contributed by atoms with Crippen molar-refractivity contribution >= 4 is 11.9 Å². The van der Waals surface area contributed by atoms with Crippen LogP contribution < -0.4 is 0 Å². The van der Waals surface area contributed by atoms with Crippen molar-refractivity contribution in [3.63, 3.8) is 0 Å². The lowest BCUT2D eigenvalue weighted by molar-refractivity contribution is -0.144. The Morgan fingerprint density at radius 1 is 1.20 bits per heavy atom. The van der Waals surface area contributed by atoms with Crippen LogP contribution in [0, 0.1) is 19.8 Å². The zero-order valence-corrected chi connectivity index (χ0v) is 12.6. The summed E-state index contributed by atoms with van der Waals surface area (Å²) in [7, 11) is 0. The zero-order chi connectivity index (χ0) is 15.3. The van der Waals surface area contributed by atoms with Crippen LogP contribution in [0.4, 0.5) is 0 Å². The van der Waals surface area contributed by atoms with Gasteiger partial charge in [0, 0.05) is 6.54 Å². The van der Waals surface area contributed by atoms with E-state index in [2.05, 4.69) is 0 Å². The number of amides is 1. The van der Waals surface area contributed by atoms with Crippen LogP contribution in [0.2, 0.25) is 0 Å². The van der Waals surface area contributed by atoms with Crippen molar-refractivity contribution in [1.29, 1.82) is 0 Å². The number of hydrogen-bond acceptors (Lipinski definition) is 2. The molecule has 0 spiro atoms. The molecular weight excluding hydrogens is 254 g/mol. The first-order valence-electron chi connectivity index (χ1n) is 6.86. The van der Waals surface area contributed by atoms with Crippen LogP contribution in [-0.4, -0.2) is 35.0 Å². The number of carboxylic acid groups (broad SMARTS) is 1. The average molecular weight is 277 g/mol. The number of rotatable bonds is 6. The molecule has 0 aliphatic carbocycles. The molecule has 0 heterocycles. The number of aliphatic carboxylic acids is 1. The van der Waals surface area contributed by atoms with Crippen LogP contribution in [0.5, 0.6) is 0 Å². The van der Waals surface area contributed by atoms with Crippen molar-refractivity contribution in [3.05, 3.63) is 34.9 Å². The molecule has 0 aromatic heterocycles. The van der Waals surface area contributed by atoms with E-state index in [1.54, 1.807) is 0 Å². The fraction of sp³-hybridized carbons (Fsp3) is 0.500. The summed E-state index contributed by atoms with van der Waals surface area (Å²) < 4.78 is 0. The van der Waals surface area contributed by atoms with Crippen LogP contribution in [0.3, 0.4) is 0 Å². The Hall–Kier alpha value is -1.84. The highest BCUT2D eigenvalue weighted by Crippen LogP contribution is 2.15. The molecule has 1 rings (SSSR count). The first-order valence-corrected chi connectivity index (χ1v) is 6.86. The van der Waals surface area contributed by atoms with Gasteiger partial charge in [-0.05, 0) is 36.5 Å². The highest BCUT2D eigenvalue weighted by atomic mass is 16.4. The third-order valence-corrected chi connectivity index (χ3v) is 3.24. The van der Waals surface area contributed by atoms with Gasteiger partial charge in [0.2, 0.25) is 5.91 Å². The minimum Gasteiger partial charge on any atom is -0.480 e. The summed E-state index contributed by atoms with van der Waals surface area (Å²) in [5.41, 5.74) is 3.13. The maximum atomic E-state index is 12.4. The molecule has 0 fully saturated rings. The highest BCUT2D eigenvalue weighted by molar-refractivity contribution is 5.83. The number of carbonyl (C=O) groups is 2. The van der Waals surface area contributed by atoms with Crippen LogP contribution in [-0.2, 0) is 16.0 Å². The Labute approximate surface area is 120 Å². The predicted molar refractivity (Wildman–Crippen MR) is 78.7 cm³/mol. The minimum absolute atomic E-state index is 0.126. The summed E-state index contributed by atoms with van der Waals surface area (Å²) in [4.78, 5) is 24.7. The fourth-order valence-corrected chi connectivity index (χ4v) is 2.25. The molecule has 0 bridgehead atoms. The highest BCUT2D eigenvalue weighted by Gasteiger charge is 2.19. The van der Waals surface area contributed by atoms with Crippen LogP contribution in [0.25, 0.3) is 0 Å². The lowest BCUT2D eigenvalue weighted by atomic mass is 9.99. The molecule has 4 nitrogen and oxygen atoms in total. The number of nitrogens with zero attached hydrogens (tertiary/aromatic N) is 1. The van der Waals surface area contributed by atoms with Gasteiger partial charge in [-0.1, -0.05) is 32.0 Å². The van der Waals surface area contributed by atoms with Gasteiger partial charge in [-0.2, -0.15) is 0 Å². The quantitative estimate of drug-likeness (QED) is 0.868. The lowest BCUT2D eigenvalue weighted by Gasteiger charge is -2.23. The molecule has 0 aliphatic heterocycles. The van der Waals surface area contributed by atoms with E-state index in [1.165, 1.54) is 4.90 Å². The third kappa shape index (κ3) is 4.68. The van der Waals surface area contributed by atoms with Gasteiger partial charge in [-0.3, -0.25) is 9.59 Å². The van der Waals surface area contributed by atoms with E-state index in [0.717, 1.165) is 16.7 Å². The molecule has 0 saturated carbocycles. The van der Waals surface area contributed by atoms with Crippen molar-refractivity contribution in [1.82, 2.24) is 4.90 Å². The summed E-state index contributed by atoms with van der Waals surface area (Å²) >= 11 is 0. The van der Waals surface area contributed by atoms with Crippen molar-refractivity contribution in [3.8, 4) is 0 Å². The molecule has 0 atom stereocenters. The summed E-state index contributed by atoms with van der Waals surface area (Å²) in [6.45, 7) is 8.12. The largest absolute Gasteiger partial charge is 0.480 e. The molecule has 1 aromatic rings. The van der Waals surface area contributed by atoms with E-state index >= 15 is 0 Å². The summed E-state index contributed by atoms with van der Waals surface area (Å²) in [5.74, 6) is -0.852. The van der Waals surface area contributed by atoms with Gasteiger partial charge in [0.25, 0.3) is 0 Å². The van der Waals surface area contributed by atoms with E-state index in [9.17, 15) is 9.59 Å². The second-order valence-corrected chi connectivity index (χ2v) is 5.61. The Balaban J connectivity index is 2.87. The molecule has 1 amide bonds. The van der Waals surface area contributed by atoms with E-state index in [4.69, 9.17) is 5.11 Å². The third-order valence-electron chi connectivity index (χ3n) is 3.24. The Morgan fingerprint density at radius 2 is 1.75 bits per heavy atom. The normalized spacial score (nSPS) is 10.7. The molecule has 0 aliphatic rings. The Kier molecular flexibility index (Phi) is 5.74. The fourth-order valence-electron chi connectivity index (χ4n) is 2.25. The molecule has 1 N–H and O–H groups in total. The molecule has 20 heavy (non-hydrogen) atoms.